The molecule has 0 fully saturated rings. The van der Waals surface area contributed by atoms with E-state index in [0.717, 1.165) is 27.9 Å². The zero-order valence-corrected chi connectivity index (χ0v) is 45.4. The molecule has 0 bridgehead atoms. The van der Waals surface area contributed by atoms with Crippen molar-refractivity contribution in [1.29, 1.82) is 0 Å². The molecule has 75 heavy (non-hydrogen) atoms. The van der Waals surface area contributed by atoms with Gasteiger partial charge in [0, 0.05) is 72.6 Å². The SMILES string of the molecule is [2H]c1c([2H])c([2H])c(-c2cc(C(C)(C)C)cc(-c3c([2H])c([2H])c([2H])c([2H])c3[2H])c2N2[CH-]N(c3[c-]c(Oc4[c-]c5c(cc4)[Si]4(c6ccccc6-c6ccccc64)c4ccccc4N5c4cc(C(C)(C)C)ccn4)ccc3)c3ccccc32)c([2H])c1[2H].[Pt]. The van der Waals surface area contributed by atoms with Crippen molar-refractivity contribution in [3.8, 4) is 44.9 Å². The van der Waals surface area contributed by atoms with Gasteiger partial charge in [0.1, 0.15) is 13.9 Å². The van der Waals surface area contributed by atoms with Crippen molar-refractivity contribution in [2.24, 2.45) is 0 Å². The zero-order chi connectivity index (χ0) is 59.1. The Morgan fingerprint density at radius 2 is 1.05 bits per heavy atom. The maximum atomic E-state index is 9.33. The molecule has 0 aliphatic carbocycles. The van der Waals surface area contributed by atoms with Crippen LogP contribution in [0, 0.1) is 18.8 Å². The van der Waals surface area contributed by atoms with Gasteiger partial charge in [-0.05, 0) is 102 Å². The van der Waals surface area contributed by atoms with Crippen LogP contribution in [0.15, 0.2) is 218 Å². The monoisotopic (exact) mass is 1180 g/mol. The molecule has 1 spiro atoms. The molecular formula is C68H55N4OPtSi-3. The Morgan fingerprint density at radius 1 is 0.507 bits per heavy atom. The molecule has 370 valence electrons. The zero-order valence-electron chi connectivity index (χ0n) is 52.1. The maximum Gasteiger partial charge on any atom is 0.135 e. The summed E-state index contributed by atoms with van der Waals surface area (Å²) in [6.45, 7) is 14.2. The molecule has 10 aromatic rings. The van der Waals surface area contributed by atoms with Gasteiger partial charge < -0.3 is 19.4 Å². The third kappa shape index (κ3) is 7.97. The van der Waals surface area contributed by atoms with E-state index < -0.39 is 73.9 Å². The van der Waals surface area contributed by atoms with Crippen molar-refractivity contribution in [2.75, 3.05) is 14.7 Å². The van der Waals surface area contributed by atoms with E-state index in [9.17, 15) is 5.48 Å². The summed E-state index contributed by atoms with van der Waals surface area (Å²) in [5.74, 6) is 1.58. The Hall–Kier alpha value is -7.76. The first kappa shape index (κ1) is 37.9. The number of benzene rings is 9. The van der Waals surface area contributed by atoms with E-state index in [1.807, 2.05) is 80.4 Å². The normalized spacial score (nSPS) is 15.7. The summed E-state index contributed by atoms with van der Waals surface area (Å²) in [5, 5.41) is 5.02. The van der Waals surface area contributed by atoms with Crippen LogP contribution in [-0.4, -0.2) is 13.1 Å². The summed E-state index contributed by atoms with van der Waals surface area (Å²) in [6, 6.07) is 53.6. The van der Waals surface area contributed by atoms with Gasteiger partial charge in [-0.25, -0.2) is 4.98 Å². The molecule has 7 heteroatoms. The van der Waals surface area contributed by atoms with Gasteiger partial charge in [0.2, 0.25) is 0 Å². The second-order valence-electron chi connectivity index (χ2n) is 20.9. The van der Waals surface area contributed by atoms with Gasteiger partial charge in [-0.1, -0.05) is 187 Å². The van der Waals surface area contributed by atoms with Crippen molar-refractivity contribution in [3.05, 3.63) is 248 Å². The average Bonchev–Trinajstić information content (AvgIpc) is 1.62. The minimum atomic E-state index is -3.01. The number of anilines is 7. The molecule has 0 saturated carbocycles. The van der Waals surface area contributed by atoms with Crippen LogP contribution in [0.3, 0.4) is 0 Å². The van der Waals surface area contributed by atoms with Gasteiger partial charge >= 0.3 is 0 Å². The standard InChI is InChI=1S/C68H55N4OSi.Pt/c1-67(2,3)48-38-39-69-65(42-48)72-59-32-17-20-35-63(59)74(61-33-18-13-28-53(61)54-29-14-19-34-62(54)74)64-37-36-52(44-60(64)72)73-51-27-21-26-50(43-51)70-45-71(58-31-16-15-30-57(58)70)66-55(46-22-9-7-10-23-46)40-49(68(4,5)6)41-56(66)47-24-11-8-12-25-47;/h7-42,45H,1-6H3;/q-3;/i7D,8D,9D,10D,11D,12D,22D,23D,24D,25D;. The van der Waals surface area contributed by atoms with Crippen LogP contribution in [0.4, 0.5) is 39.9 Å². The number of hydrogen-bond donors (Lipinski definition) is 0. The van der Waals surface area contributed by atoms with Crippen LogP contribution in [-0.2, 0) is 31.9 Å². The van der Waals surface area contributed by atoms with E-state index in [2.05, 4.69) is 129 Å². The smallest absolute Gasteiger partial charge is 0.135 e. The predicted molar refractivity (Wildman–Crippen MR) is 309 cm³/mol. The Balaban J connectivity index is 0.00000709. The van der Waals surface area contributed by atoms with Crippen molar-refractivity contribution < 1.29 is 39.5 Å². The summed E-state index contributed by atoms with van der Waals surface area (Å²) >= 11 is 0. The van der Waals surface area contributed by atoms with Gasteiger partial charge in [-0.15, -0.1) is 47.9 Å². The average molecular weight is 1180 g/mol. The topological polar surface area (TPSA) is 31.8 Å². The largest absolute Gasteiger partial charge is 0.509 e. The van der Waals surface area contributed by atoms with E-state index in [0.29, 0.717) is 34.1 Å². The Kier molecular flexibility index (Phi) is 9.38. The molecule has 5 nitrogen and oxygen atoms in total. The number of nitrogens with zero attached hydrogens (tertiary/aromatic N) is 4. The van der Waals surface area contributed by atoms with Gasteiger partial charge in [0.05, 0.1) is 13.7 Å². The van der Waals surface area contributed by atoms with Crippen LogP contribution in [0.25, 0.3) is 33.4 Å². The molecule has 4 heterocycles. The quantitative estimate of drug-likeness (QED) is 0.117. The van der Waals surface area contributed by atoms with Gasteiger partial charge in [0.15, 0.2) is 0 Å². The van der Waals surface area contributed by atoms with Crippen molar-refractivity contribution in [3.63, 3.8) is 0 Å². The summed E-state index contributed by atoms with van der Waals surface area (Å²) < 4.78 is 96.6. The molecule has 0 amide bonds. The predicted octanol–water partition coefficient (Wildman–Crippen LogP) is 15.0. The number of ether oxygens (including phenoxy) is 1. The first-order valence-electron chi connectivity index (χ1n) is 29.8. The van der Waals surface area contributed by atoms with Gasteiger partial charge in [-0.3, -0.25) is 0 Å². The molecule has 0 saturated heterocycles. The van der Waals surface area contributed by atoms with E-state index in [-0.39, 0.29) is 54.4 Å². The molecular weight excluding hydrogens is 1110 g/mol. The van der Waals surface area contributed by atoms with Crippen molar-refractivity contribution in [1.82, 2.24) is 4.98 Å². The molecule has 3 aliphatic rings. The number of hydrogen-bond acceptors (Lipinski definition) is 5. The Bertz CT molecular complexity index is 4240. The van der Waals surface area contributed by atoms with Crippen LogP contribution in [0.5, 0.6) is 11.5 Å². The minimum Gasteiger partial charge on any atom is -0.509 e. The number of para-hydroxylation sites is 3. The summed E-state index contributed by atoms with van der Waals surface area (Å²) in [4.78, 5) is 11.0. The second-order valence-corrected chi connectivity index (χ2v) is 24.6. The number of fused-ring (bicyclic) bond motifs is 10. The Morgan fingerprint density at radius 3 is 1.67 bits per heavy atom. The van der Waals surface area contributed by atoms with Gasteiger partial charge in [-0.2, -0.15) is 12.1 Å². The van der Waals surface area contributed by atoms with Crippen molar-refractivity contribution in [2.45, 2.75) is 52.4 Å². The third-order valence-electron chi connectivity index (χ3n) is 14.5. The fourth-order valence-electron chi connectivity index (χ4n) is 11.0. The summed E-state index contributed by atoms with van der Waals surface area (Å²) in [6.07, 6.45) is 1.88. The molecule has 0 N–H and O–H groups in total. The second kappa shape index (κ2) is 18.6. The third-order valence-corrected chi connectivity index (χ3v) is 19.4. The molecule has 0 radical (unpaired) electrons. The van der Waals surface area contributed by atoms with E-state index >= 15 is 0 Å². The van der Waals surface area contributed by atoms with Crippen LogP contribution in [0.1, 0.15) is 66.4 Å². The fourth-order valence-corrected chi connectivity index (χ4v) is 16.5. The molecule has 0 atom stereocenters. The Labute approximate surface area is 471 Å². The summed E-state index contributed by atoms with van der Waals surface area (Å²) in [5.41, 5.74) is 7.47. The van der Waals surface area contributed by atoms with Crippen LogP contribution >= 0.6 is 0 Å². The first-order valence-corrected chi connectivity index (χ1v) is 26.8. The number of rotatable bonds is 7. The summed E-state index contributed by atoms with van der Waals surface area (Å²) in [7, 11) is -3.01. The van der Waals surface area contributed by atoms with E-state index in [4.69, 9.17) is 17.9 Å². The first-order chi connectivity index (χ1) is 40.1. The maximum absolute atomic E-state index is 9.33. The van der Waals surface area contributed by atoms with Crippen LogP contribution in [0.2, 0.25) is 0 Å². The molecule has 0 unspecified atom stereocenters. The molecule has 9 aromatic carbocycles. The molecule has 1 aromatic heterocycles. The van der Waals surface area contributed by atoms with Crippen LogP contribution < -0.4 is 40.2 Å². The number of pyridine rings is 1. The van der Waals surface area contributed by atoms with Crippen molar-refractivity contribution >= 4 is 68.8 Å². The van der Waals surface area contributed by atoms with E-state index in [1.54, 1.807) is 23.7 Å². The van der Waals surface area contributed by atoms with E-state index in [1.165, 1.54) is 26.7 Å². The fraction of sp³-hybridized carbons (Fsp3) is 0.118. The molecule has 13 rings (SSSR count). The van der Waals surface area contributed by atoms with Gasteiger partial charge in [0.25, 0.3) is 0 Å². The minimum absolute atomic E-state index is 0. The number of aromatic nitrogens is 1. The molecule has 3 aliphatic heterocycles.